The molecule has 0 aliphatic heterocycles. The first-order chi connectivity index (χ1) is 9.78. The molecule has 0 radical (unpaired) electrons. The van der Waals surface area contributed by atoms with Gasteiger partial charge in [0, 0.05) is 23.0 Å². The van der Waals surface area contributed by atoms with Crippen LogP contribution < -0.4 is 5.32 Å². The van der Waals surface area contributed by atoms with Gasteiger partial charge < -0.3 is 5.32 Å². The zero-order valence-electron chi connectivity index (χ0n) is 11.0. The van der Waals surface area contributed by atoms with Crippen LogP contribution in [0.4, 0.5) is 11.4 Å². The van der Waals surface area contributed by atoms with Gasteiger partial charge in [0.05, 0.1) is 11.2 Å². The van der Waals surface area contributed by atoms with Gasteiger partial charge in [-0.25, -0.2) is 4.98 Å². The quantitative estimate of drug-likeness (QED) is 0.765. The predicted octanol–water partition coefficient (Wildman–Crippen LogP) is 3.55. The number of hydrogen-bond acceptors (Lipinski definition) is 4. The standard InChI is InChI=1S/C16H12N4/c1-11-9-15(12-5-2-3-6-13(12)19-11)20-14-7-4-8-18-16(14)10-17/h2-9H,1H3,(H,19,20). The average Bonchev–Trinajstić information content (AvgIpc) is 2.47. The molecular formula is C16H12N4. The summed E-state index contributed by atoms with van der Waals surface area (Å²) in [6, 6.07) is 15.6. The van der Waals surface area contributed by atoms with Crippen LogP contribution in [0.2, 0.25) is 0 Å². The van der Waals surface area contributed by atoms with Gasteiger partial charge in [-0.2, -0.15) is 5.26 Å². The van der Waals surface area contributed by atoms with E-state index in [9.17, 15) is 0 Å². The summed E-state index contributed by atoms with van der Waals surface area (Å²) >= 11 is 0. The number of hydrogen-bond donors (Lipinski definition) is 1. The topological polar surface area (TPSA) is 61.6 Å². The highest BCUT2D eigenvalue weighted by molar-refractivity contribution is 5.93. The highest BCUT2D eigenvalue weighted by Crippen LogP contribution is 2.27. The molecule has 0 aliphatic carbocycles. The molecule has 0 saturated heterocycles. The van der Waals surface area contributed by atoms with Gasteiger partial charge in [-0.3, -0.25) is 4.98 Å². The average molecular weight is 260 g/mol. The maximum Gasteiger partial charge on any atom is 0.163 e. The number of para-hydroxylation sites is 1. The van der Waals surface area contributed by atoms with Crippen molar-refractivity contribution in [1.82, 2.24) is 9.97 Å². The van der Waals surface area contributed by atoms with Crippen LogP contribution in [0.1, 0.15) is 11.4 Å². The Bertz CT molecular complexity index is 818. The first-order valence-electron chi connectivity index (χ1n) is 6.26. The fourth-order valence-corrected chi connectivity index (χ4v) is 2.15. The van der Waals surface area contributed by atoms with Crippen LogP contribution in [0.3, 0.4) is 0 Å². The summed E-state index contributed by atoms with van der Waals surface area (Å²) in [6.45, 7) is 1.95. The third-order valence-corrected chi connectivity index (χ3v) is 3.03. The number of anilines is 2. The molecule has 0 unspecified atom stereocenters. The Morgan fingerprint density at radius 3 is 2.80 bits per heavy atom. The van der Waals surface area contributed by atoms with Crippen molar-refractivity contribution in [3.05, 3.63) is 60.0 Å². The summed E-state index contributed by atoms with van der Waals surface area (Å²) in [4.78, 5) is 8.56. The molecule has 0 atom stereocenters. The van der Waals surface area contributed by atoms with E-state index < -0.39 is 0 Å². The highest BCUT2D eigenvalue weighted by Gasteiger charge is 2.07. The van der Waals surface area contributed by atoms with Gasteiger partial charge in [-0.05, 0) is 31.2 Å². The first kappa shape index (κ1) is 12.1. The van der Waals surface area contributed by atoms with E-state index in [2.05, 4.69) is 21.4 Å². The van der Waals surface area contributed by atoms with Gasteiger partial charge in [0.2, 0.25) is 0 Å². The molecule has 1 N–H and O–H groups in total. The fourth-order valence-electron chi connectivity index (χ4n) is 2.15. The maximum atomic E-state index is 9.10. The number of nitriles is 1. The summed E-state index contributed by atoms with van der Waals surface area (Å²) in [6.07, 6.45) is 1.61. The van der Waals surface area contributed by atoms with Crippen LogP contribution in [-0.2, 0) is 0 Å². The molecule has 4 heteroatoms. The predicted molar refractivity (Wildman–Crippen MR) is 78.7 cm³/mol. The molecule has 3 rings (SSSR count). The van der Waals surface area contributed by atoms with Crippen LogP contribution in [0.15, 0.2) is 48.7 Å². The van der Waals surface area contributed by atoms with E-state index in [0.29, 0.717) is 11.4 Å². The Hall–Kier alpha value is -2.93. The Kier molecular flexibility index (Phi) is 3.02. The smallest absolute Gasteiger partial charge is 0.163 e. The zero-order valence-corrected chi connectivity index (χ0v) is 11.0. The molecule has 96 valence electrons. The van der Waals surface area contributed by atoms with E-state index >= 15 is 0 Å². The molecule has 0 bridgehead atoms. The molecule has 20 heavy (non-hydrogen) atoms. The van der Waals surface area contributed by atoms with E-state index in [1.54, 1.807) is 12.3 Å². The molecule has 1 aromatic carbocycles. The van der Waals surface area contributed by atoms with E-state index in [1.165, 1.54) is 0 Å². The van der Waals surface area contributed by atoms with Gasteiger partial charge >= 0.3 is 0 Å². The van der Waals surface area contributed by atoms with E-state index in [0.717, 1.165) is 22.3 Å². The lowest BCUT2D eigenvalue weighted by molar-refractivity contribution is 1.24. The van der Waals surface area contributed by atoms with Crippen molar-refractivity contribution in [2.45, 2.75) is 6.92 Å². The van der Waals surface area contributed by atoms with Gasteiger partial charge in [-0.15, -0.1) is 0 Å². The third kappa shape index (κ3) is 2.17. The molecule has 0 aliphatic rings. The van der Waals surface area contributed by atoms with Crippen molar-refractivity contribution in [2.75, 3.05) is 5.32 Å². The molecule has 0 fully saturated rings. The lowest BCUT2D eigenvalue weighted by atomic mass is 10.1. The number of rotatable bonds is 2. The Labute approximate surface area is 116 Å². The first-order valence-corrected chi connectivity index (χ1v) is 6.26. The normalized spacial score (nSPS) is 10.2. The summed E-state index contributed by atoms with van der Waals surface area (Å²) in [7, 11) is 0. The number of nitrogens with one attached hydrogen (secondary N) is 1. The third-order valence-electron chi connectivity index (χ3n) is 3.03. The lowest BCUT2D eigenvalue weighted by Gasteiger charge is -2.11. The van der Waals surface area contributed by atoms with Gasteiger partial charge in [0.1, 0.15) is 6.07 Å². The monoisotopic (exact) mass is 260 g/mol. The van der Waals surface area contributed by atoms with Gasteiger partial charge in [0.15, 0.2) is 5.69 Å². The van der Waals surface area contributed by atoms with Crippen molar-refractivity contribution in [2.24, 2.45) is 0 Å². The molecule has 0 amide bonds. The second kappa shape index (κ2) is 4.98. The summed E-state index contributed by atoms with van der Waals surface area (Å²) < 4.78 is 0. The number of aromatic nitrogens is 2. The maximum absolute atomic E-state index is 9.10. The molecule has 0 spiro atoms. The van der Waals surface area contributed by atoms with Gasteiger partial charge in [-0.1, -0.05) is 18.2 Å². The number of pyridine rings is 2. The molecule has 2 heterocycles. The van der Waals surface area contributed by atoms with E-state index in [1.807, 2.05) is 43.3 Å². The van der Waals surface area contributed by atoms with Crippen molar-refractivity contribution < 1.29 is 0 Å². The largest absolute Gasteiger partial charge is 0.353 e. The minimum atomic E-state index is 0.381. The van der Waals surface area contributed by atoms with Crippen LogP contribution in [0.25, 0.3) is 10.9 Å². The molecule has 4 nitrogen and oxygen atoms in total. The summed E-state index contributed by atoms with van der Waals surface area (Å²) in [5.41, 5.74) is 3.86. The Balaban J connectivity index is 2.14. The van der Waals surface area contributed by atoms with Crippen LogP contribution in [0.5, 0.6) is 0 Å². The summed E-state index contributed by atoms with van der Waals surface area (Å²) in [5.74, 6) is 0. The Morgan fingerprint density at radius 2 is 1.95 bits per heavy atom. The SMILES string of the molecule is Cc1cc(Nc2cccnc2C#N)c2ccccc2n1. The van der Waals surface area contributed by atoms with Crippen molar-refractivity contribution in [1.29, 1.82) is 5.26 Å². The van der Waals surface area contributed by atoms with Crippen molar-refractivity contribution in [3.63, 3.8) is 0 Å². The molecule has 0 saturated carbocycles. The second-order valence-corrected chi connectivity index (χ2v) is 4.46. The lowest BCUT2D eigenvalue weighted by Crippen LogP contribution is -1.98. The number of fused-ring (bicyclic) bond motifs is 1. The zero-order chi connectivity index (χ0) is 13.9. The fraction of sp³-hybridized carbons (Fsp3) is 0.0625. The Morgan fingerprint density at radius 1 is 1.10 bits per heavy atom. The van der Waals surface area contributed by atoms with E-state index in [-0.39, 0.29) is 0 Å². The second-order valence-electron chi connectivity index (χ2n) is 4.46. The number of nitrogens with zero attached hydrogens (tertiary/aromatic N) is 3. The minimum absolute atomic E-state index is 0.381. The summed E-state index contributed by atoms with van der Waals surface area (Å²) in [5, 5.41) is 13.4. The van der Waals surface area contributed by atoms with Crippen LogP contribution >= 0.6 is 0 Å². The number of aryl methyl sites for hydroxylation is 1. The van der Waals surface area contributed by atoms with Crippen molar-refractivity contribution >= 4 is 22.3 Å². The van der Waals surface area contributed by atoms with Crippen LogP contribution in [-0.4, -0.2) is 9.97 Å². The minimum Gasteiger partial charge on any atom is -0.353 e. The molecular weight excluding hydrogens is 248 g/mol. The van der Waals surface area contributed by atoms with Gasteiger partial charge in [0.25, 0.3) is 0 Å². The molecule has 2 aromatic heterocycles. The molecule has 3 aromatic rings. The highest BCUT2D eigenvalue weighted by atomic mass is 14.9. The number of benzene rings is 1. The van der Waals surface area contributed by atoms with Crippen LogP contribution in [0, 0.1) is 18.3 Å². The van der Waals surface area contributed by atoms with E-state index in [4.69, 9.17) is 5.26 Å². The van der Waals surface area contributed by atoms with Crippen molar-refractivity contribution in [3.8, 4) is 6.07 Å².